The molecule has 8 nitrogen and oxygen atoms in total. The molecular formula is C20H10Cl2N2O6S2. The molecule has 2 aromatic carbocycles. The molecule has 2 aliphatic carbocycles. The van der Waals surface area contributed by atoms with Gasteiger partial charge in [0.05, 0.1) is 15.5 Å². The van der Waals surface area contributed by atoms with Crippen LogP contribution in [0.2, 0.25) is 0 Å². The molecule has 0 saturated heterocycles. The zero-order valence-electron chi connectivity index (χ0n) is 15.7. The summed E-state index contributed by atoms with van der Waals surface area (Å²) in [5.41, 5.74) is -0.292. The third-order valence-electron chi connectivity index (χ3n) is 4.76. The maximum absolute atomic E-state index is 12.9. The summed E-state index contributed by atoms with van der Waals surface area (Å²) in [5.74, 6) is -1.29. The summed E-state index contributed by atoms with van der Waals surface area (Å²) in [5, 5.41) is 7.73. The van der Waals surface area contributed by atoms with E-state index < -0.39 is 35.4 Å². The van der Waals surface area contributed by atoms with E-state index in [0.717, 1.165) is 6.08 Å². The van der Waals surface area contributed by atoms with Crippen molar-refractivity contribution in [3.05, 3.63) is 70.8 Å². The van der Waals surface area contributed by atoms with Crippen molar-refractivity contribution in [2.75, 3.05) is 0 Å². The van der Waals surface area contributed by atoms with Crippen molar-refractivity contribution in [1.82, 2.24) is 0 Å². The van der Waals surface area contributed by atoms with Gasteiger partial charge in [0.25, 0.3) is 18.1 Å². The normalized spacial score (nSPS) is 17.2. The highest BCUT2D eigenvalue weighted by Gasteiger charge is 2.30. The van der Waals surface area contributed by atoms with Gasteiger partial charge < -0.3 is 0 Å². The van der Waals surface area contributed by atoms with Crippen LogP contribution in [0.5, 0.6) is 0 Å². The van der Waals surface area contributed by atoms with Gasteiger partial charge in [0, 0.05) is 43.6 Å². The Morgan fingerprint density at radius 2 is 1.53 bits per heavy atom. The van der Waals surface area contributed by atoms with Gasteiger partial charge in [0.15, 0.2) is 0 Å². The molecular weight excluding hydrogens is 499 g/mol. The minimum absolute atomic E-state index is 0.0257. The molecule has 0 bridgehead atoms. The van der Waals surface area contributed by atoms with Crippen LogP contribution >= 0.6 is 21.4 Å². The van der Waals surface area contributed by atoms with Crippen LogP contribution in [0.15, 0.2) is 58.4 Å². The molecule has 0 radical (unpaired) electrons. The van der Waals surface area contributed by atoms with E-state index in [-0.39, 0.29) is 43.5 Å². The fourth-order valence-electron chi connectivity index (χ4n) is 3.36. The minimum atomic E-state index is -4.21. The predicted octanol–water partition coefficient (Wildman–Crippen LogP) is 3.72. The number of nitrogens with one attached hydrogen (secondary N) is 1. The summed E-state index contributed by atoms with van der Waals surface area (Å²) in [6, 6.07) is 8.05. The monoisotopic (exact) mass is 508 g/mol. The molecule has 0 aromatic heterocycles. The maximum atomic E-state index is 12.9. The number of Topliss-reactive ketones (excluding diaryl/α,β-unsaturated/α-hetero) is 2. The molecule has 0 aliphatic heterocycles. The van der Waals surface area contributed by atoms with Crippen molar-refractivity contribution in [2.45, 2.75) is 4.90 Å². The Labute approximate surface area is 191 Å². The van der Waals surface area contributed by atoms with Crippen LogP contribution in [0.25, 0.3) is 11.0 Å². The largest absolute Gasteiger partial charge is 0.297 e. The lowest BCUT2D eigenvalue weighted by molar-refractivity contribution is 0.105. The van der Waals surface area contributed by atoms with Crippen LogP contribution in [-0.2, 0) is 18.1 Å². The summed E-state index contributed by atoms with van der Waals surface area (Å²) in [4.78, 5) is 28.9. The second-order valence-electron chi connectivity index (χ2n) is 6.73. The molecule has 1 N–H and O–H groups in total. The summed E-state index contributed by atoms with van der Waals surface area (Å²) in [6.45, 7) is 0. The van der Waals surface area contributed by atoms with Gasteiger partial charge >= 0.3 is 0 Å². The molecule has 2 aromatic rings. The Hall–Kier alpha value is -2.92. The molecule has 4 rings (SSSR count). The van der Waals surface area contributed by atoms with E-state index in [1.54, 1.807) is 0 Å². The average molecular weight is 509 g/mol. The average Bonchev–Trinajstić information content (AvgIpc) is 2.71. The Bertz CT molecular complexity index is 1570. The number of rotatable bonds is 3. The summed E-state index contributed by atoms with van der Waals surface area (Å²) in [7, 11) is 2.57. The van der Waals surface area contributed by atoms with Gasteiger partial charge in [-0.15, -0.1) is 0 Å². The Balaban J connectivity index is 1.80. The number of hydrogen-bond donors (Lipinski definition) is 1. The SMILES string of the molecule is N=C1C=C(S(=O)(=O)Cl)c2ccc(N=C3C=Cc4c(cccc4S(=O)(=O)Cl)C3=O)cc2C1=O. The zero-order chi connectivity index (χ0) is 23.4. The van der Waals surface area contributed by atoms with E-state index in [1.807, 2.05) is 0 Å². The quantitative estimate of drug-likeness (QED) is 0.626. The zero-order valence-corrected chi connectivity index (χ0v) is 18.8. The number of benzene rings is 2. The number of carbonyl (C=O) groups is 2. The van der Waals surface area contributed by atoms with E-state index in [9.17, 15) is 26.4 Å². The maximum Gasteiger partial charge on any atom is 0.262 e. The molecule has 0 amide bonds. The van der Waals surface area contributed by atoms with E-state index in [0.29, 0.717) is 0 Å². The van der Waals surface area contributed by atoms with Gasteiger partial charge in [0.2, 0.25) is 11.6 Å². The van der Waals surface area contributed by atoms with Crippen molar-refractivity contribution in [3.8, 4) is 0 Å². The van der Waals surface area contributed by atoms with Crippen LogP contribution in [0.3, 0.4) is 0 Å². The number of hydrogen-bond acceptors (Lipinski definition) is 8. The lowest BCUT2D eigenvalue weighted by atomic mass is 9.93. The number of aliphatic imine (C=N–C) groups is 1. The predicted molar refractivity (Wildman–Crippen MR) is 121 cm³/mol. The van der Waals surface area contributed by atoms with Crippen LogP contribution in [0, 0.1) is 5.41 Å². The molecule has 0 unspecified atom stereocenters. The van der Waals surface area contributed by atoms with Gasteiger partial charge in [-0.05, 0) is 30.4 Å². The van der Waals surface area contributed by atoms with Crippen LogP contribution in [-0.4, -0.2) is 39.8 Å². The summed E-state index contributed by atoms with van der Waals surface area (Å²) in [6.07, 6.45) is 3.59. The summed E-state index contributed by atoms with van der Waals surface area (Å²) < 4.78 is 47.2. The van der Waals surface area contributed by atoms with Gasteiger partial charge in [-0.2, -0.15) is 0 Å². The molecule has 2 aliphatic rings. The Morgan fingerprint density at radius 3 is 2.19 bits per heavy atom. The second kappa shape index (κ2) is 7.59. The lowest BCUT2D eigenvalue weighted by Crippen LogP contribution is -2.20. The lowest BCUT2D eigenvalue weighted by Gasteiger charge is -2.16. The van der Waals surface area contributed by atoms with Crippen molar-refractivity contribution in [1.29, 1.82) is 5.41 Å². The topological polar surface area (TPSA) is 139 Å². The summed E-state index contributed by atoms with van der Waals surface area (Å²) >= 11 is 0. The van der Waals surface area contributed by atoms with E-state index in [2.05, 4.69) is 4.99 Å². The van der Waals surface area contributed by atoms with E-state index >= 15 is 0 Å². The molecule has 0 fully saturated rings. The first-order chi connectivity index (χ1) is 14.9. The smallest absolute Gasteiger partial charge is 0.262 e. The van der Waals surface area contributed by atoms with Gasteiger partial charge in [-0.1, -0.05) is 24.3 Å². The Kier molecular flexibility index (Phi) is 5.29. The van der Waals surface area contributed by atoms with Crippen molar-refractivity contribution >= 4 is 79.1 Å². The van der Waals surface area contributed by atoms with Gasteiger partial charge in [-0.3, -0.25) is 15.0 Å². The molecule has 0 saturated carbocycles. The number of carbonyl (C=O) groups excluding carboxylic acids is 2. The standard InChI is InChI=1S/C20H10Cl2N2O6S2/c21-31(27,28)17-3-1-2-13-11(17)6-7-16(20(13)26)24-10-4-5-12-14(8-10)19(25)15(23)9-18(12)32(22,29)30/h1-9,23H. The van der Waals surface area contributed by atoms with E-state index in [4.69, 9.17) is 26.8 Å². The van der Waals surface area contributed by atoms with Crippen LogP contribution in [0.1, 0.15) is 31.8 Å². The fourth-order valence-corrected chi connectivity index (χ4v) is 5.52. The number of allylic oxidation sites excluding steroid dienone is 2. The van der Waals surface area contributed by atoms with Gasteiger partial charge in [-0.25, -0.2) is 21.8 Å². The first kappa shape index (κ1) is 22.3. The first-order valence-corrected chi connectivity index (χ1v) is 13.3. The molecule has 0 atom stereocenters. The number of ketones is 2. The second-order valence-corrected chi connectivity index (χ2v) is 11.8. The van der Waals surface area contributed by atoms with Gasteiger partial charge in [0.1, 0.15) is 11.4 Å². The highest BCUT2D eigenvalue weighted by molar-refractivity contribution is 8.21. The Morgan fingerprint density at radius 1 is 0.812 bits per heavy atom. The van der Waals surface area contributed by atoms with E-state index in [1.165, 1.54) is 48.6 Å². The molecule has 0 heterocycles. The number of halogens is 2. The highest BCUT2D eigenvalue weighted by atomic mass is 35.7. The number of nitrogens with zero attached hydrogens (tertiary/aromatic N) is 1. The van der Waals surface area contributed by atoms with Crippen LogP contribution in [0.4, 0.5) is 5.69 Å². The molecule has 162 valence electrons. The van der Waals surface area contributed by atoms with Crippen molar-refractivity contribution in [3.63, 3.8) is 0 Å². The minimum Gasteiger partial charge on any atom is -0.297 e. The first-order valence-electron chi connectivity index (χ1n) is 8.71. The third kappa shape index (κ3) is 3.86. The van der Waals surface area contributed by atoms with Crippen molar-refractivity contribution in [2.24, 2.45) is 4.99 Å². The molecule has 0 spiro atoms. The van der Waals surface area contributed by atoms with Crippen molar-refractivity contribution < 1.29 is 26.4 Å². The third-order valence-corrected chi connectivity index (χ3v) is 7.50. The molecule has 32 heavy (non-hydrogen) atoms. The molecule has 12 heteroatoms. The highest BCUT2D eigenvalue weighted by Crippen LogP contribution is 2.34. The van der Waals surface area contributed by atoms with Crippen LogP contribution < -0.4 is 0 Å². The fraction of sp³-hybridized carbons (Fsp3) is 0. The number of fused-ring (bicyclic) bond motifs is 2.